The van der Waals surface area contributed by atoms with E-state index in [0.29, 0.717) is 22.0 Å². The van der Waals surface area contributed by atoms with E-state index in [2.05, 4.69) is 5.32 Å². The molecule has 0 spiro atoms. The molecule has 0 unspecified atom stereocenters. The summed E-state index contributed by atoms with van der Waals surface area (Å²) in [6.07, 6.45) is 3.31. The number of carbonyl (C=O) groups is 3. The quantitative estimate of drug-likeness (QED) is 0.336. The fourth-order valence-corrected chi connectivity index (χ4v) is 4.25. The number of carbonyl (C=O) groups excluding carboxylic acids is 2. The van der Waals surface area contributed by atoms with Crippen LogP contribution in [0.3, 0.4) is 0 Å². The summed E-state index contributed by atoms with van der Waals surface area (Å²) in [5, 5.41) is 11.6. The van der Waals surface area contributed by atoms with Crippen molar-refractivity contribution in [3.05, 3.63) is 99.5 Å². The van der Waals surface area contributed by atoms with Crippen molar-refractivity contribution in [2.24, 2.45) is 0 Å². The Morgan fingerprint density at radius 2 is 1.47 bits per heavy atom. The van der Waals surface area contributed by atoms with Gasteiger partial charge in [0.05, 0.1) is 10.5 Å². The number of nitrogens with one attached hydrogen (secondary N) is 1. The summed E-state index contributed by atoms with van der Waals surface area (Å²) in [5.41, 5.74) is 4.51. The first-order chi connectivity index (χ1) is 16.3. The first-order valence-corrected chi connectivity index (χ1v) is 11.2. The predicted molar refractivity (Wildman–Crippen MR) is 133 cm³/mol. The molecular weight excluding hydrogens is 450 g/mol. The number of hydrogen-bond donors (Lipinski definition) is 2. The predicted octanol–water partition coefficient (Wildman–Crippen LogP) is 6.04. The van der Waals surface area contributed by atoms with E-state index in [1.54, 1.807) is 60.7 Å². The van der Waals surface area contributed by atoms with Gasteiger partial charge in [-0.1, -0.05) is 53.6 Å². The van der Waals surface area contributed by atoms with Crippen LogP contribution in [-0.4, -0.2) is 22.2 Å². The Hall–Kier alpha value is -4.10. The molecule has 7 heteroatoms. The van der Waals surface area contributed by atoms with E-state index in [1.807, 2.05) is 32.0 Å². The van der Waals surface area contributed by atoms with Gasteiger partial charge in [-0.3, -0.25) is 14.9 Å². The summed E-state index contributed by atoms with van der Waals surface area (Å²) in [6, 6.07) is 19.9. The molecule has 170 valence electrons. The molecule has 6 nitrogen and oxygen atoms in total. The number of benzene rings is 3. The molecule has 3 aromatic carbocycles. The fourth-order valence-electron chi connectivity index (χ4n) is 3.57. The highest BCUT2D eigenvalue weighted by molar-refractivity contribution is 8.18. The van der Waals surface area contributed by atoms with Gasteiger partial charge in [0.25, 0.3) is 11.1 Å². The van der Waals surface area contributed by atoms with Crippen LogP contribution < -0.4 is 10.1 Å². The highest BCUT2D eigenvalue weighted by Crippen LogP contribution is 2.28. The lowest BCUT2D eigenvalue weighted by atomic mass is 10.0. The Labute approximate surface area is 201 Å². The molecule has 0 atom stereocenters. The van der Waals surface area contributed by atoms with Gasteiger partial charge < -0.3 is 9.84 Å². The standard InChI is InChI=1S/C27H21NO5S/c1-16-11-17(2)13-19(12-16)14-23(26(30)31)20-5-9-22(10-6-20)33-21-7-3-18(4-8-21)15-24-25(29)28-27(32)34-24/h3-15H,1-2H3,(H,30,31)(H,28,29,32)/b23-14+,24-15+. The third-order valence-corrected chi connectivity index (χ3v) is 5.82. The number of thioether (sulfide) groups is 1. The molecule has 0 aromatic heterocycles. The molecule has 0 aliphatic carbocycles. The first kappa shape index (κ1) is 23.1. The zero-order chi connectivity index (χ0) is 24.2. The Bertz CT molecular complexity index is 1320. The van der Waals surface area contributed by atoms with Crippen molar-refractivity contribution in [1.82, 2.24) is 5.32 Å². The smallest absolute Gasteiger partial charge is 0.336 e. The number of hydrogen-bond acceptors (Lipinski definition) is 5. The molecule has 0 saturated carbocycles. The number of amides is 2. The third-order valence-electron chi connectivity index (χ3n) is 5.01. The number of ether oxygens (including phenoxy) is 1. The molecule has 4 rings (SSSR count). The van der Waals surface area contributed by atoms with Gasteiger partial charge in [0.1, 0.15) is 11.5 Å². The van der Waals surface area contributed by atoms with Crippen molar-refractivity contribution in [3.63, 3.8) is 0 Å². The minimum Gasteiger partial charge on any atom is -0.478 e. The van der Waals surface area contributed by atoms with Crippen LogP contribution in [0.2, 0.25) is 0 Å². The van der Waals surface area contributed by atoms with Crippen molar-refractivity contribution in [1.29, 1.82) is 0 Å². The molecule has 2 N–H and O–H groups in total. The van der Waals surface area contributed by atoms with Gasteiger partial charge in [0.2, 0.25) is 0 Å². The van der Waals surface area contributed by atoms with Crippen LogP contribution in [0.5, 0.6) is 11.5 Å². The van der Waals surface area contributed by atoms with E-state index in [9.17, 15) is 19.5 Å². The van der Waals surface area contributed by atoms with Crippen LogP contribution in [0.15, 0.2) is 71.6 Å². The van der Waals surface area contributed by atoms with Crippen LogP contribution >= 0.6 is 11.8 Å². The van der Waals surface area contributed by atoms with Gasteiger partial charge in [0.15, 0.2) is 0 Å². The van der Waals surface area contributed by atoms with Crippen molar-refractivity contribution >= 4 is 46.6 Å². The minimum absolute atomic E-state index is 0.196. The molecular formula is C27H21NO5S. The molecule has 1 aliphatic heterocycles. The molecule has 0 bridgehead atoms. The Kier molecular flexibility index (Phi) is 6.65. The summed E-state index contributed by atoms with van der Waals surface area (Å²) in [4.78, 5) is 35.2. The maximum absolute atomic E-state index is 11.9. The average Bonchev–Trinajstić information content (AvgIpc) is 3.10. The molecule has 2 amide bonds. The van der Waals surface area contributed by atoms with Crippen molar-refractivity contribution in [3.8, 4) is 11.5 Å². The maximum atomic E-state index is 11.9. The van der Waals surface area contributed by atoms with E-state index >= 15 is 0 Å². The summed E-state index contributed by atoms with van der Waals surface area (Å²) in [6.45, 7) is 3.96. The summed E-state index contributed by atoms with van der Waals surface area (Å²) in [7, 11) is 0. The molecule has 1 heterocycles. The van der Waals surface area contributed by atoms with Crippen molar-refractivity contribution in [2.45, 2.75) is 13.8 Å². The molecule has 1 aliphatic rings. The molecule has 3 aromatic rings. The van der Waals surface area contributed by atoms with Gasteiger partial charge in [-0.15, -0.1) is 0 Å². The van der Waals surface area contributed by atoms with Gasteiger partial charge in [0, 0.05) is 0 Å². The zero-order valence-corrected chi connectivity index (χ0v) is 19.3. The van der Waals surface area contributed by atoms with Gasteiger partial charge in [-0.25, -0.2) is 4.79 Å². The molecule has 0 radical (unpaired) electrons. The summed E-state index contributed by atoms with van der Waals surface area (Å²) >= 11 is 0.866. The number of aryl methyl sites for hydroxylation is 2. The van der Waals surface area contributed by atoms with E-state index in [1.165, 1.54) is 0 Å². The fraction of sp³-hybridized carbons (Fsp3) is 0.0741. The molecule has 34 heavy (non-hydrogen) atoms. The van der Waals surface area contributed by atoms with Crippen molar-refractivity contribution < 1.29 is 24.2 Å². The van der Waals surface area contributed by atoms with Gasteiger partial charge in [-0.05, 0) is 78.7 Å². The second kappa shape index (κ2) is 9.80. The molecule has 1 fully saturated rings. The molecule has 1 saturated heterocycles. The number of carboxylic acid groups (broad SMARTS) is 1. The van der Waals surface area contributed by atoms with E-state index in [4.69, 9.17) is 4.74 Å². The summed E-state index contributed by atoms with van der Waals surface area (Å²) in [5.74, 6) is -0.267. The Morgan fingerprint density at radius 3 is 2.00 bits per heavy atom. The van der Waals surface area contributed by atoms with E-state index in [0.717, 1.165) is 34.0 Å². The Balaban J connectivity index is 1.49. The number of imide groups is 1. The summed E-state index contributed by atoms with van der Waals surface area (Å²) < 4.78 is 5.86. The lowest BCUT2D eigenvalue weighted by Gasteiger charge is -2.09. The largest absolute Gasteiger partial charge is 0.478 e. The van der Waals surface area contributed by atoms with Gasteiger partial charge in [-0.2, -0.15) is 0 Å². The number of aliphatic carboxylic acids is 1. The minimum atomic E-state index is -1.01. The van der Waals surface area contributed by atoms with Crippen LogP contribution in [0.1, 0.15) is 27.8 Å². The van der Waals surface area contributed by atoms with Crippen LogP contribution in [0, 0.1) is 13.8 Å². The van der Waals surface area contributed by atoms with E-state index < -0.39 is 11.9 Å². The average molecular weight is 472 g/mol. The second-order valence-electron chi connectivity index (χ2n) is 7.83. The normalized spacial score (nSPS) is 14.9. The number of carboxylic acids is 1. The Morgan fingerprint density at radius 1 is 0.882 bits per heavy atom. The highest BCUT2D eigenvalue weighted by Gasteiger charge is 2.24. The lowest BCUT2D eigenvalue weighted by Crippen LogP contribution is -2.17. The van der Waals surface area contributed by atoms with Crippen LogP contribution in [-0.2, 0) is 9.59 Å². The van der Waals surface area contributed by atoms with Gasteiger partial charge >= 0.3 is 5.97 Å². The topological polar surface area (TPSA) is 92.7 Å². The van der Waals surface area contributed by atoms with Crippen LogP contribution in [0.4, 0.5) is 4.79 Å². The SMILES string of the molecule is Cc1cc(C)cc(/C=C(/C(=O)O)c2ccc(Oc3ccc(/C=C4/SC(=O)NC4=O)cc3)cc2)c1. The van der Waals surface area contributed by atoms with Crippen molar-refractivity contribution in [2.75, 3.05) is 0 Å². The van der Waals surface area contributed by atoms with E-state index in [-0.39, 0.29) is 10.8 Å². The second-order valence-corrected chi connectivity index (χ2v) is 8.85. The highest BCUT2D eigenvalue weighted by atomic mass is 32.2. The maximum Gasteiger partial charge on any atom is 0.336 e. The zero-order valence-electron chi connectivity index (χ0n) is 18.5. The first-order valence-electron chi connectivity index (χ1n) is 10.4. The third kappa shape index (κ3) is 5.63. The lowest BCUT2D eigenvalue weighted by molar-refractivity contribution is -0.130. The number of rotatable bonds is 6. The monoisotopic (exact) mass is 471 g/mol. The van der Waals surface area contributed by atoms with Crippen LogP contribution in [0.25, 0.3) is 17.7 Å².